The Morgan fingerprint density at radius 2 is 1.45 bits per heavy atom. The third-order valence-corrected chi connectivity index (χ3v) is 1.28. The highest BCUT2D eigenvalue weighted by Gasteiger charge is 1.91. The van der Waals surface area contributed by atoms with Crippen molar-refractivity contribution in [3.05, 3.63) is 24.3 Å². The maximum Gasteiger partial charge on any atom is 0.122 e. The average molecular weight is 154 g/mol. The first-order valence-corrected chi connectivity index (χ1v) is 3.05. The van der Waals surface area contributed by atoms with E-state index < -0.39 is 0 Å². The van der Waals surface area contributed by atoms with Crippen LogP contribution in [0.1, 0.15) is 7.43 Å². The number of rotatable bonds is 2. The minimum absolute atomic E-state index is 0. The molecule has 0 aliphatic heterocycles. The number of benzene rings is 1. The summed E-state index contributed by atoms with van der Waals surface area (Å²) in [5, 5.41) is 0. The van der Waals surface area contributed by atoms with Crippen LogP contribution in [0.5, 0.6) is 11.5 Å². The van der Waals surface area contributed by atoms with E-state index in [4.69, 9.17) is 9.47 Å². The molecule has 62 valence electrons. The summed E-state index contributed by atoms with van der Waals surface area (Å²) in [5.74, 6) is 1.64. The van der Waals surface area contributed by atoms with E-state index >= 15 is 0 Å². The van der Waals surface area contributed by atoms with Crippen LogP contribution in [0.4, 0.5) is 0 Å². The molecule has 0 atom stereocenters. The zero-order chi connectivity index (χ0) is 7.40. The maximum absolute atomic E-state index is 4.98. The van der Waals surface area contributed by atoms with Gasteiger partial charge in [0.05, 0.1) is 14.2 Å². The highest BCUT2D eigenvalue weighted by molar-refractivity contribution is 5.32. The van der Waals surface area contributed by atoms with Crippen LogP contribution in [-0.2, 0) is 0 Å². The second-order valence-electron chi connectivity index (χ2n) is 1.88. The van der Waals surface area contributed by atoms with Crippen LogP contribution in [-0.4, -0.2) is 14.2 Å². The van der Waals surface area contributed by atoms with E-state index in [1.54, 1.807) is 14.2 Å². The molecule has 1 aromatic carbocycles. The molecule has 0 N–H and O–H groups in total. The molecule has 11 heavy (non-hydrogen) atoms. The summed E-state index contributed by atoms with van der Waals surface area (Å²) in [6.45, 7) is 0. The van der Waals surface area contributed by atoms with Crippen LogP contribution in [0.15, 0.2) is 24.3 Å². The van der Waals surface area contributed by atoms with Crippen molar-refractivity contribution in [3.63, 3.8) is 0 Å². The first-order valence-electron chi connectivity index (χ1n) is 3.05. The third-order valence-electron chi connectivity index (χ3n) is 1.28. The van der Waals surface area contributed by atoms with Crippen molar-refractivity contribution < 1.29 is 9.47 Å². The molecule has 0 aliphatic carbocycles. The third kappa shape index (κ3) is 2.50. The topological polar surface area (TPSA) is 18.5 Å². The van der Waals surface area contributed by atoms with Crippen LogP contribution in [0.25, 0.3) is 0 Å². The van der Waals surface area contributed by atoms with Crippen molar-refractivity contribution in [1.29, 1.82) is 0 Å². The summed E-state index contributed by atoms with van der Waals surface area (Å²) >= 11 is 0. The van der Waals surface area contributed by atoms with Gasteiger partial charge < -0.3 is 9.47 Å². The van der Waals surface area contributed by atoms with Gasteiger partial charge in [-0.05, 0) is 12.1 Å². The lowest BCUT2D eigenvalue weighted by molar-refractivity contribution is 0.394. The van der Waals surface area contributed by atoms with Crippen LogP contribution in [0, 0.1) is 0 Å². The molecule has 1 rings (SSSR count). The summed E-state index contributed by atoms with van der Waals surface area (Å²) in [7, 11) is 3.27. The Balaban J connectivity index is 0.000001000. The molecular formula is C9H14O2. The summed E-state index contributed by atoms with van der Waals surface area (Å²) in [6.07, 6.45) is 0. The first-order chi connectivity index (χ1) is 4.86. The number of ether oxygens (including phenoxy) is 2. The summed E-state index contributed by atoms with van der Waals surface area (Å²) < 4.78 is 9.95. The van der Waals surface area contributed by atoms with E-state index in [1.165, 1.54) is 0 Å². The van der Waals surface area contributed by atoms with Crippen molar-refractivity contribution in [1.82, 2.24) is 0 Å². The highest BCUT2D eigenvalue weighted by atomic mass is 16.5. The molecule has 0 aromatic heterocycles. The van der Waals surface area contributed by atoms with E-state index in [9.17, 15) is 0 Å². The fraction of sp³-hybridized carbons (Fsp3) is 0.333. The fourth-order valence-corrected chi connectivity index (χ4v) is 0.728. The Hall–Kier alpha value is -1.18. The molecule has 1 aromatic rings. The van der Waals surface area contributed by atoms with Gasteiger partial charge in [0, 0.05) is 6.07 Å². The monoisotopic (exact) mass is 154 g/mol. The van der Waals surface area contributed by atoms with Crippen LogP contribution < -0.4 is 9.47 Å². The van der Waals surface area contributed by atoms with Crippen molar-refractivity contribution >= 4 is 0 Å². The molecule has 0 aliphatic rings. The van der Waals surface area contributed by atoms with Crippen molar-refractivity contribution in [2.75, 3.05) is 14.2 Å². The van der Waals surface area contributed by atoms with Gasteiger partial charge in [-0.3, -0.25) is 0 Å². The second kappa shape index (κ2) is 4.61. The van der Waals surface area contributed by atoms with Crippen LogP contribution >= 0.6 is 0 Å². The van der Waals surface area contributed by atoms with Gasteiger partial charge in [0.1, 0.15) is 11.5 Å². The van der Waals surface area contributed by atoms with E-state index in [1.807, 2.05) is 24.3 Å². The normalized spacial score (nSPS) is 8.18. The quantitative estimate of drug-likeness (QED) is 0.651. The van der Waals surface area contributed by atoms with Gasteiger partial charge >= 0.3 is 0 Å². The maximum atomic E-state index is 4.98. The van der Waals surface area contributed by atoms with Gasteiger partial charge in [-0.15, -0.1) is 0 Å². The molecule has 0 saturated carbocycles. The summed E-state index contributed by atoms with van der Waals surface area (Å²) in [4.78, 5) is 0. The van der Waals surface area contributed by atoms with E-state index in [2.05, 4.69) is 0 Å². The zero-order valence-corrected chi connectivity index (χ0v) is 6.13. The predicted octanol–water partition coefficient (Wildman–Crippen LogP) is 2.34. The lowest BCUT2D eigenvalue weighted by Crippen LogP contribution is -1.84. The molecule has 0 bridgehead atoms. The molecule has 0 radical (unpaired) electrons. The molecule has 0 unspecified atom stereocenters. The number of hydrogen-bond donors (Lipinski definition) is 0. The Kier molecular flexibility index (Phi) is 4.11. The van der Waals surface area contributed by atoms with Crippen LogP contribution in [0.3, 0.4) is 0 Å². The first kappa shape index (κ1) is 9.82. The van der Waals surface area contributed by atoms with Gasteiger partial charge in [0.25, 0.3) is 0 Å². The van der Waals surface area contributed by atoms with Crippen molar-refractivity contribution in [2.24, 2.45) is 0 Å². The van der Waals surface area contributed by atoms with Gasteiger partial charge in [0.2, 0.25) is 0 Å². The summed E-state index contributed by atoms with van der Waals surface area (Å²) in [6, 6.07) is 7.47. The Morgan fingerprint density at radius 1 is 1.00 bits per heavy atom. The summed E-state index contributed by atoms with van der Waals surface area (Å²) in [5.41, 5.74) is 0. The lowest BCUT2D eigenvalue weighted by atomic mass is 10.3. The van der Waals surface area contributed by atoms with Gasteiger partial charge in [-0.1, -0.05) is 13.5 Å². The van der Waals surface area contributed by atoms with E-state index in [0.29, 0.717) is 0 Å². The largest absolute Gasteiger partial charge is 0.497 e. The standard InChI is InChI=1S/C8H10O2.CH4/c1-9-7-4-3-5-8(6-7)10-2;/h3-6H,1-2H3;1H4. The zero-order valence-electron chi connectivity index (χ0n) is 6.13. The van der Waals surface area contributed by atoms with Gasteiger partial charge in [0.15, 0.2) is 0 Å². The van der Waals surface area contributed by atoms with Crippen molar-refractivity contribution in [2.45, 2.75) is 7.43 Å². The molecular weight excluding hydrogens is 140 g/mol. The second-order valence-corrected chi connectivity index (χ2v) is 1.88. The minimum atomic E-state index is 0. The minimum Gasteiger partial charge on any atom is -0.497 e. The number of methoxy groups -OCH3 is 2. The van der Waals surface area contributed by atoms with Gasteiger partial charge in [-0.2, -0.15) is 0 Å². The average Bonchev–Trinajstić information content (AvgIpc) is 2.05. The molecule has 0 fully saturated rings. The van der Waals surface area contributed by atoms with E-state index in [0.717, 1.165) is 11.5 Å². The molecule has 0 amide bonds. The fourth-order valence-electron chi connectivity index (χ4n) is 0.728. The van der Waals surface area contributed by atoms with E-state index in [-0.39, 0.29) is 7.43 Å². The molecule has 0 saturated heterocycles. The number of hydrogen-bond acceptors (Lipinski definition) is 2. The highest BCUT2D eigenvalue weighted by Crippen LogP contribution is 2.17. The lowest BCUT2D eigenvalue weighted by Gasteiger charge is -2.01. The van der Waals surface area contributed by atoms with Gasteiger partial charge in [-0.25, -0.2) is 0 Å². The molecule has 2 nitrogen and oxygen atoms in total. The van der Waals surface area contributed by atoms with Crippen molar-refractivity contribution in [3.8, 4) is 11.5 Å². The molecule has 0 heterocycles. The molecule has 0 spiro atoms. The smallest absolute Gasteiger partial charge is 0.122 e. The molecule has 2 heteroatoms. The SMILES string of the molecule is C.COc1cccc(OC)c1. The predicted molar refractivity (Wildman–Crippen MR) is 46.3 cm³/mol. The van der Waals surface area contributed by atoms with Crippen LogP contribution in [0.2, 0.25) is 0 Å². The Labute approximate surface area is 67.8 Å². The Bertz CT molecular complexity index is 189. The Morgan fingerprint density at radius 3 is 1.82 bits per heavy atom.